The predicted molar refractivity (Wildman–Crippen MR) is 129 cm³/mol. The topological polar surface area (TPSA) is 17.8 Å². The van der Waals surface area contributed by atoms with Crippen LogP contribution in [0, 0.1) is 5.82 Å². The monoisotopic (exact) mass is 414 g/mol. The van der Waals surface area contributed by atoms with Crippen molar-refractivity contribution in [2.24, 2.45) is 0 Å². The van der Waals surface area contributed by atoms with E-state index in [1.54, 1.807) is 12.1 Å². The van der Waals surface area contributed by atoms with Crippen LogP contribution in [0.25, 0.3) is 49.9 Å². The normalized spacial score (nSPS) is 11.3. The molecule has 4 aromatic carbocycles. The Kier molecular flexibility index (Phi) is 4.32. The molecule has 0 atom stereocenters. The van der Waals surface area contributed by atoms with Crippen LogP contribution >= 0.6 is 0 Å². The van der Waals surface area contributed by atoms with Crippen molar-refractivity contribution in [1.29, 1.82) is 0 Å². The Morgan fingerprint density at radius 1 is 0.562 bits per heavy atom. The molecule has 2 aromatic heterocycles. The molecule has 0 fully saturated rings. The molecule has 6 rings (SSSR count). The van der Waals surface area contributed by atoms with Crippen LogP contribution in [0.2, 0.25) is 0 Å². The Labute approximate surface area is 185 Å². The number of para-hydroxylation sites is 1. The summed E-state index contributed by atoms with van der Waals surface area (Å²) in [5.74, 6) is -0.248. The first kappa shape index (κ1) is 18.5. The molecule has 0 aliphatic carbocycles. The van der Waals surface area contributed by atoms with E-state index in [9.17, 15) is 4.39 Å². The van der Waals surface area contributed by atoms with Crippen LogP contribution in [0.15, 0.2) is 115 Å². The Bertz CT molecular complexity index is 1550. The summed E-state index contributed by atoms with van der Waals surface area (Å²) in [4.78, 5) is 4.68. The highest BCUT2D eigenvalue weighted by molar-refractivity contribution is 6.09. The van der Waals surface area contributed by atoms with Crippen LogP contribution in [-0.4, -0.2) is 9.55 Å². The second-order valence-corrected chi connectivity index (χ2v) is 7.86. The molecular formula is C29H19FN2. The summed E-state index contributed by atoms with van der Waals surface area (Å²) >= 11 is 0. The highest BCUT2D eigenvalue weighted by atomic mass is 19.1. The summed E-state index contributed by atoms with van der Waals surface area (Å²) in [5, 5.41) is 2.26. The smallest absolute Gasteiger partial charge is 0.123 e. The van der Waals surface area contributed by atoms with Crippen molar-refractivity contribution in [3.63, 3.8) is 0 Å². The molecule has 2 nitrogen and oxygen atoms in total. The molecule has 0 aliphatic rings. The third kappa shape index (κ3) is 3.07. The van der Waals surface area contributed by atoms with E-state index < -0.39 is 0 Å². The summed E-state index contributed by atoms with van der Waals surface area (Å²) in [6.45, 7) is 0. The van der Waals surface area contributed by atoms with Crippen molar-refractivity contribution < 1.29 is 4.39 Å². The number of pyridine rings is 1. The first-order valence-electron chi connectivity index (χ1n) is 10.6. The third-order valence-corrected chi connectivity index (χ3v) is 5.93. The van der Waals surface area contributed by atoms with Crippen molar-refractivity contribution in [1.82, 2.24) is 9.55 Å². The molecule has 0 radical (unpaired) electrons. The lowest BCUT2D eigenvalue weighted by molar-refractivity contribution is 0.628. The van der Waals surface area contributed by atoms with E-state index in [4.69, 9.17) is 0 Å². The minimum absolute atomic E-state index is 0.248. The molecule has 0 aliphatic heterocycles. The van der Waals surface area contributed by atoms with Gasteiger partial charge < -0.3 is 4.57 Å². The van der Waals surface area contributed by atoms with E-state index in [0.29, 0.717) is 0 Å². The summed E-state index contributed by atoms with van der Waals surface area (Å²) < 4.78 is 15.7. The number of nitrogens with zero attached hydrogens (tertiary/aromatic N) is 2. The lowest BCUT2D eigenvalue weighted by atomic mass is 10.1. The molecule has 0 amide bonds. The molecule has 0 saturated carbocycles. The highest BCUT2D eigenvalue weighted by Crippen LogP contribution is 2.34. The average molecular weight is 414 g/mol. The fraction of sp³-hybridized carbons (Fsp3) is 0. The van der Waals surface area contributed by atoms with E-state index in [0.717, 1.165) is 38.8 Å². The van der Waals surface area contributed by atoms with Crippen LogP contribution in [0.4, 0.5) is 4.39 Å². The van der Waals surface area contributed by atoms with Gasteiger partial charge in [-0.25, -0.2) is 4.39 Å². The maximum Gasteiger partial charge on any atom is 0.123 e. The van der Waals surface area contributed by atoms with Crippen molar-refractivity contribution >= 4 is 21.8 Å². The minimum atomic E-state index is -0.248. The molecule has 0 saturated heterocycles. The number of hydrogen-bond acceptors (Lipinski definition) is 1. The first-order chi connectivity index (χ1) is 15.8. The summed E-state index contributed by atoms with van der Waals surface area (Å²) in [5.41, 5.74) is 7.40. The number of fused-ring (bicyclic) bond motifs is 3. The van der Waals surface area contributed by atoms with E-state index >= 15 is 0 Å². The number of rotatable bonds is 3. The van der Waals surface area contributed by atoms with Gasteiger partial charge in [0.1, 0.15) is 5.82 Å². The van der Waals surface area contributed by atoms with Crippen molar-refractivity contribution in [2.45, 2.75) is 0 Å². The number of halogens is 1. The lowest BCUT2D eigenvalue weighted by Crippen LogP contribution is -1.94. The Morgan fingerprint density at radius 2 is 1.22 bits per heavy atom. The largest absolute Gasteiger partial charge is 0.309 e. The van der Waals surface area contributed by atoms with Crippen LogP contribution < -0.4 is 0 Å². The summed E-state index contributed by atoms with van der Waals surface area (Å²) in [6, 6.07) is 36.0. The van der Waals surface area contributed by atoms with Gasteiger partial charge in [0.15, 0.2) is 0 Å². The lowest BCUT2D eigenvalue weighted by Gasteiger charge is -2.10. The van der Waals surface area contributed by atoms with Gasteiger partial charge in [0, 0.05) is 28.2 Å². The maximum atomic E-state index is 13.4. The predicted octanol–water partition coefficient (Wildman–Crippen LogP) is 7.65. The van der Waals surface area contributed by atoms with Gasteiger partial charge in [0.25, 0.3) is 0 Å². The maximum absolute atomic E-state index is 13.4. The quantitative estimate of drug-likeness (QED) is 0.291. The molecular weight excluding hydrogens is 395 g/mol. The van der Waals surface area contributed by atoms with Crippen LogP contribution in [0.1, 0.15) is 0 Å². The van der Waals surface area contributed by atoms with Crippen LogP contribution in [0.3, 0.4) is 0 Å². The van der Waals surface area contributed by atoms with Gasteiger partial charge in [-0.15, -0.1) is 0 Å². The number of benzene rings is 4. The summed E-state index contributed by atoms with van der Waals surface area (Å²) in [6.07, 6.45) is 1.92. The zero-order valence-electron chi connectivity index (χ0n) is 17.2. The van der Waals surface area contributed by atoms with Crippen molar-refractivity contribution in [2.75, 3.05) is 0 Å². The van der Waals surface area contributed by atoms with E-state index in [1.165, 1.54) is 23.3 Å². The van der Waals surface area contributed by atoms with Crippen LogP contribution in [-0.2, 0) is 0 Å². The van der Waals surface area contributed by atoms with Crippen LogP contribution in [0.5, 0.6) is 0 Å². The van der Waals surface area contributed by atoms with Gasteiger partial charge in [-0.05, 0) is 59.7 Å². The van der Waals surface area contributed by atoms with Gasteiger partial charge >= 0.3 is 0 Å². The van der Waals surface area contributed by atoms with E-state index in [2.05, 4.69) is 88.4 Å². The molecule has 3 heteroatoms. The fourth-order valence-corrected chi connectivity index (χ4v) is 4.35. The van der Waals surface area contributed by atoms with Gasteiger partial charge in [0.05, 0.1) is 16.7 Å². The molecule has 0 bridgehead atoms. The van der Waals surface area contributed by atoms with Gasteiger partial charge in [0.2, 0.25) is 0 Å². The molecule has 0 spiro atoms. The van der Waals surface area contributed by atoms with Gasteiger partial charge in [-0.3, -0.25) is 4.98 Å². The summed E-state index contributed by atoms with van der Waals surface area (Å²) in [7, 11) is 0. The van der Waals surface area contributed by atoms with Gasteiger partial charge in [-0.1, -0.05) is 60.7 Å². The standard InChI is InChI=1S/C29H19FN2/c30-23-14-10-22(11-15-23)27-18-29-26(19-31-27)25-8-4-5-9-28(25)32(29)24-16-12-21(13-17-24)20-6-2-1-3-7-20/h1-19H. The molecule has 0 unspecified atom stereocenters. The highest BCUT2D eigenvalue weighted by Gasteiger charge is 2.14. The number of hydrogen-bond donors (Lipinski definition) is 0. The van der Waals surface area contributed by atoms with Gasteiger partial charge in [-0.2, -0.15) is 0 Å². The molecule has 0 N–H and O–H groups in total. The molecule has 2 heterocycles. The SMILES string of the molecule is Fc1ccc(-c2cc3c(cn2)c2ccccc2n3-c2ccc(-c3ccccc3)cc2)cc1. The molecule has 32 heavy (non-hydrogen) atoms. The van der Waals surface area contributed by atoms with E-state index in [1.807, 2.05) is 12.3 Å². The third-order valence-electron chi connectivity index (χ3n) is 5.93. The average Bonchev–Trinajstić information content (AvgIpc) is 3.19. The fourth-order valence-electron chi connectivity index (χ4n) is 4.35. The second kappa shape index (κ2) is 7.47. The zero-order valence-corrected chi connectivity index (χ0v) is 17.2. The first-order valence-corrected chi connectivity index (χ1v) is 10.6. The Morgan fingerprint density at radius 3 is 2.00 bits per heavy atom. The van der Waals surface area contributed by atoms with Crippen molar-refractivity contribution in [3.05, 3.63) is 121 Å². The van der Waals surface area contributed by atoms with Crippen molar-refractivity contribution in [3.8, 4) is 28.1 Å². The minimum Gasteiger partial charge on any atom is -0.309 e. The Balaban J connectivity index is 1.55. The molecule has 152 valence electrons. The second-order valence-electron chi connectivity index (χ2n) is 7.86. The molecule has 6 aromatic rings. The Hall–Kier alpha value is -4.24. The number of aromatic nitrogens is 2. The zero-order chi connectivity index (χ0) is 21.5. The van der Waals surface area contributed by atoms with E-state index in [-0.39, 0.29) is 5.82 Å².